The van der Waals surface area contributed by atoms with Gasteiger partial charge in [0.25, 0.3) is 0 Å². The van der Waals surface area contributed by atoms with Crippen LogP contribution in [-0.4, -0.2) is 19.0 Å². The van der Waals surface area contributed by atoms with E-state index in [0.29, 0.717) is 0 Å². The lowest BCUT2D eigenvalue weighted by atomic mass is 9.90. The van der Waals surface area contributed by atoms with Gasteiger partial charge < -0.3 is 0 Å². The van der Waals surface area contributed by atoms with E-state index >= 15 is 0 Å². The molecule has 0 N–H and O–H groups in total. The molecule has 0 aliphatic carbocycles. The predicted molar refractivity (Wildman–Crippen MR) is 69.9 cm³/mol. The minimum Gasteiger partial charge on any atom is -0.291 e. The van der Waals surface area contributed by atoms with Crippen LogP contribution in [0, 0.1) is 10.8 Å². The Bertz CT molecular complexity index is 283. The Balaban J connectivity index is 4.75. The highest BCUT2D eigenvalue weighted by molar-refractivity contribution is 6.32. The first-order valence-electron chi connectivity index (χ1n) is 5.29. The van der Waals surface area contributed by atoms with E-state index in [4.69, 9.17) is 0 Å². The van der Waals surface area contributed by atoms with E-state index in [-0.39, 0.29) is 10.8 Å². The van der Waals surface area contributed by atoms with E-state index in [0.717, 1.165) is 11.4 Å². The molecule has 0 heterocycles. The van der Waals surface area contributed by atoms with E-state index in [1.165, 1.54) is 0 Å². The van der Waals surface area contributed by atoms with Crippen molar-refractivity contribution < 1.29 is 0 Å². The van der Waals surface area contributed by atoms with Crippen molar-refractivity contribution in [2.45, 2.75) is 41.5 Å². The van der Waals surface area contributed by atoms with Crippen molar-refractivity contribution in [3.63, 3.8) is 0 Å². The molecule has 0 spiro atoms. The van der Waals surface area contributed by atoms with Gasteiger partial charge >= 0.3 is 0 Å². The van der Waals surface area contributed by atoms with Gasteiger partial charge in [0, 0.05) is 29.8 Å². The summed E-state index contributed by atoms with van der Waals surface area (Å²) in [4.78, 5) is 8.62. The number of aliphatic imine (C=N–C) groups is 2. The zero-order valence-corrected chi connectivity index (χ0v) is 11.2. The smallest absolute Gasteiger partial charge is 0.0580 e. The van der Waals surface area contributed by atoms with Gasteiger partial charge in [-0.3, -0.25) is 9.98 Å². The molecule has 0 amide bonds. The van der Waals surface area contributed by atoms with Gasteiger partial charge in [0.2, 0.25) is 0 Å². The summed E-state index contributed by atoms with van der Waals surface area (Å²) in [5, 5.41) is 0. The number of hydrogen-bond donors (Lipinski definition) is 0. The molecule has 0 bridgehead atoms. The van der Waals surface area contributed by atoms with Gasteiger partial charge in [0.15, 0.2) is 0 Å². The van der Waals surface area contributed by atoms with E-state index in [2.05, 4.69) is 58.1 Å². The molecule has 0 aliphatic heterocycles. The summed E-state index contributed by atoms with van der Waals surface area (Å²) in [6.45, 7) is 16.7. The fraction of sp³-hybridized carbons (Fsp3) is 0.692. The summed E-state index contributed by atoms with van der Waals surface area (Å²) in [6, 6.07) is 0. The Morgan fingerprint density at radius 2 is 1.47 bits per heavy atom. The van der Waals surface area contributed by atoms with Gasteiger partial charge in [0.1, 0.15) is 0 Å². The Hall–Kier alpha value is -0.920. The molecule has 0 saturated heterocycles. The molecule has 0 fully saturated rings. The lowest BCUT2D eigenvalue weighted by Gasteiger charge is -2.20. The number of nitrogens with zero attached hydrogens (tertiary/aromatic N) is 2. The zero-order valence-electron chi connectivity index (χ0n) is 11.2. The first-order chi connectivity index (χ1) is 6.59. The molecule has 0 aliphatic rings. The first-order valence-corrected chi connectivity index (χ1v) is 5.29. The predicted octanol–water partition coefficient (Wildman–Crippen LogP) is 3.73. The van der Waals surface area contributed by atoms with Crippen molar-refractivity contribution in [3.8, 4) is 0 Å². The fourth-order valence-corrected chi connectivity index (χ4v) is 0.920. The average Bonchev–Trinajstić information content (AvgIpc) is 2.00. The van der Waals surface area contributed by atoms with Crippen molar-refractivity contribution in [3.05, 3.63) is 12.3 Å². The van der Waals surface area contributed by atoms with Crippen molar-refractivity contribution in [2.24, 2.45) is 20.8 Å². The highest BCUT2D eigenvalue weighted by Gasteiger charge is 2.18. The van der Waals surface area contributed by atoms with Crippen LogP contribution in [0.4, 0.5) is 0 Å². The first kappa shape index (κ1) is 14.1. The highest BCUT2D eigenvalue weighted by Crippen LogP contribution is 2.24. The number of rotatable bonds is 2. The van der Waals surface area contributed by atoms with Gasteiger partial charge in [-0.05, 0) is 0 Å². The minimum absolute atomic E-state index is 0.0211. The highest BCUT2D eigenvalue weighted by atomic mass is 14.8. The molecular formula is C13H24N2. The molecule has 0 saturated carbocycles. The Morgan fingerprint density at radius 3 is 1.73 bits per heavy atom. The lowest BCUT2D eigenvalue weighted by molar-refractivity contribution is 0.501. The third-order valence-electron chi connectivity index (χ3n) is 2.22. The summed E-state index contributed by atoms with van der Waals surface area (Å²) < 4.78 is 0. The molecule has 2 nitrogen and oxygen atoms in total. The van der Waals surface area contributed by atoms with Crippen LogP contribution < -0.4 is 0 Å². The molecule has 0 radical (unpaired) electrons. The molecule has 86 valence electrons. The van der Waals surface area contributed by atoms with Gasteiger partial charge in [-0.15, -0.1) is 0 Å². The van der Waals surface area contributed by atoms with E-state index in [1.807, 2.05) is 6.21 Å². The molecule has 15 heavy (non-hydrogen) atoms. The third kappa shape index (κ3) is 4.91. The SMILES string of the molecule is C=C(/N=C\C(=N/C)C(C)(C)C)C(C)(C)C. The summed E-state index contributed by atoms with van der Waals surface area (Å²) in [5.74, 6) is 0. The fourth-order valence-electron chi connectivity index (χ4n) is 0.920. The monoisotopic (exact) mass is 208 g/mol. The van der Waals surface area contributed by atoms with E-state index in [9.17, 15) is 0 Å². The molecule has 0 aromatic carbocycles. The van der Waals surface area contributed by atoms with Gasteiger partial charge in [-0.25, -0.2) is 0 Å². The van der Waals surface area contributed by atoms with Gasteiger partial charge in [-0.2, -0.15) is 0 Å². The van der Waals surface area contributed by atoms with Gasteiger partial charge in [-0.1, -0.05) is 48.1 Å². The van der Waals surface area contributed by atoms with Crippen molar-refractivity contribution in [1.29, 1.82) is 0 Å². The second-order valence-corrected chi connectivity index (χ2v) is 5.81. The number of allylic oxidation sites excluding steroid dienone is 1. The van der Waals surface area contributed by atoms with Crippen LogP contribution >= 0.6 is 0 Å². The second-order valence-electron chi connectivity index (χ2n) is 5.81. The summed E-state index contributed by atoms with van der Waals surface area (Å²) in [7, 11) is 1.80. The van der Waals surface area contributed by atoms with Crippen LogP contribution in [0.5, 0.6) is 0 Å². The minimum atomic E-state index is 0.0211. The molecule has 0 aromatic rings. The van der Waals surface area contributed by atoms with Crippen LogP contribution in [0.25, 0.3) is 0 Å². The Kier molecular flexibility index (Phi) is 4.44. The lowest BCUT2D eigenvalue weighted by Crippen LogP contribution is -2.22. The molecular weight excluding hydrogens is 184 g/mol. The van der Waals surface area contributed by atoms with Crippen LogP contribution in [0.3, 0.4) is 0 Å². The van der Waals surface area contributed by atoms with E-state index < -0.39 is 0 Å². The summed E-state index contributed by atoms with van der Waals surface area (Å²) >= 11 is 0. The molecule has 0 unspecified atom stereocenters. The molecule has 0 atom stereocenters. The Morgan fingerprint density at radius 1 is 1.00 bits per heavy atom. The maximum atomic E-state index is 4.38. The quantitative estimate of drug-likeness (QED) is 0.618. The molecule has 2 heteroatoms. The topological polar surface area (TPSA) is 24.7 Å². The maximum Gasteiger partial charge on any atom is 0.0580 e. The van der Waals surface area contributed by atoms with Crippen LogP contribution in [0.1, 0.15) is 41.5 Å². The Labute approximate surface area is 94.2 Å². The van der Waals surface area contributed by atoms with Crippen molar-refractivity contribution >= 4 is 11.9 Å². The maximum absolute atomic E-state index is 4.38. The van der Waals surface area contributed by atoms with Crippen molar-refractivity contribution in [2.75, 3.05) is 7.05 Å². The summed E-state index contributed by atoms with van der Waals surface area (Å²) in [5.41, 5.74) is 1.93. The van der Waals surface area contributed by atoms with E-state index in [1.54, 1.807) is 7.05 Å². The van der Waals surface area contributed by atoms with Crippen LogP contribution in [0.15, 0.2) is 22.3 Å². The van der Waals surface area contributed by atoms with Crippen LogP contribution in [-0.2, 0) is 0 Å². The van der Waals surface area contributed by atoms with Crippen LogP contribution in [0.2, 0.25) is 0 Å². The number of hydrogen-bond acceptors (Lipinski definition) is 2. The summed E-state index contributed by atoms with van der Waals surface area (Å²) in [6.07, 6.45) is 1.83. The van der Waals surface area contributed by atoms with Crippen molar-refractivity contribution in [1.82, 2.24) is 0 Å². The molecule has 0 aromatic heterocycles. The zero-order chi connectivity index (χ0) is 12.3. The van der Waals surface area contributed by atoms with Gasteiger partial charge in [0.05, 0.1) is 5.71 Å². The average molecular weight is 208 g/mol. The standard InChI is InChI=1S/C13H24N2/c1-10(12(2,3)4)15-9-11(14-8)13(5,6)7/h9H,1H2,2-8H3/b14-11+,15-9-. The normalized spacial score (nSPS) is 14.7. The second kappa shape index (κ2) is 4.73. The molecule has 0 rings (SSSR count). The third-order valence-corrected chi connectivity index (χ3v) is 2.22. The largest absolute Gasteiger partial charge is 0.291 e.